The van der Waals surface area contributed by atoms with Crippen LogP contribution in [0.25, 0.3) is 11.0 Å². The van der Waals surface area contributed by atoms with Gasteiger partial charge in [-0.1, -0.05) is 11.6 Å². The summed E-state index contributed by atoms with van der Waals surface area (Å²) in [5.74, 6) is 5.89. The van der Waals surface area contributed by atoms with E-state index in [4.69, 9.17) is 17.4 Å². The van der Waals surface area contributed by atoms with Crippen molar-refractivity contribution < 1.29 is 0 Å². The van der Waals surface area contributed by atoms with Crippen molar-refractivity contribution in [2.24, 2.45) is 5.84 Å². The number of hydrazine groups is 1. The Balaban J connectivity index is 2.04. The number of nitrogens with two attached hydrogens (primary N) is 1. The largest absolute Gasteiger partial charge is 0.352 e. The SMILES string of the molecule is NNc1cc(Nc2c(Cl)ccc3nsnc23)ccn1. The Hall–Kier alpha value is -1.96. The van der Waals surface area contributed by atoms with Gasteiger partial charge >= 0.3 is 0 Å². The molecule has 8 heteroatoms. The molecule has 0 aliphatic heterocycles. The molecule has 6 nitrogen and oxygen atoms in total. The number of nitrogens with one attached hydrogen (secondary N) is 2. The molecule has 0 aliphatic rings. The first-order valence-corrected chi connectivity index (χ1v) is 6.49. The molecular weight excluding hydrogens is 284 g/mol. The zero-order chi connectivity index (χ0) is 13.2. The highest BCUT2D eigenvalue weighted by Crippen LogP contribution is 2.32. The minimum Gasteiger partial charge on any atom is -0.352 e. The Morgan fingerprint density at radius 1 is 1.21 bits per heavy atom. The van der Waals surface area contributed by atoms with E-state index in [-0.39, 0.29) is 0 Å². The third-order valence-corrected chi connectivity index (χ3v) is 3.41. The molecule has 0 saturated carbocycles. The summed E-state index contributed by atoms with van der Waals surface area (Å²) in [5, 5.41) is 3.80. The number of anilines is 3. The molecule has 0 bridgehead atoms. The Morgan fingerprint density at radius 2 is 2.11 bits per heavy atom. The summed E-state index contributed by atoms with van der Waals surface area (Å²) in [4.78, 5) is 4.04. The fourth-order valence-corrected chi connectivity index (χ4v) is 2.42. The third kappa shape index (κ3) is 2.30. The van der Waals surface area contributed by atoms with Gasteiger partial charge in [0, 0.05) is 18.0 Å². The zero-order valence-corrected chi connectivity index (χ0v) is 11.2. The molecule has 96 valence electrons. The molecule has 3 aromatic rings. The molecule has 0 fully saturated rings. The van der Waals surface area contributed by atoms with E-state index in [1.54, 1.807) is 18.3 Å². The molecule has 0 spiro atoms. The summed E-state index contributed by atoms with van der Waals surface area (Å²) >= 11 is 7.35. The minimum atomic E-state index is 0.560. The number of pyridine rings is 1. The number of nitrogens with zero attached hydrogens (tertiary/aromatic N) is 3. The average molecular weight is 293 g/mol. The van der Waals surface area contributed by atoms with Crippen LogP contribution in [-0.4, -0.2) is 13.7 Å². The van der Waals surface area contributed by atoms with Crippen LogP contribution in [0, 0.1) is 0 Å². The van der Waals surface area contributed by atoms with E-state index in [1.807, 2.05) is 12.1 Å². The first-order chi connectivity index (χ1) is 9.28. The van der Waals surface area contributed by atoms with Crippen molar-refractivity contribution in [2.45, 2.75) is 0 Å². The topological polar surface area (TPSA) is 88.8 Å². The molecular formula is C11H9ClN6S. The average Bonchev–Trinajstić information content (AvgIpc) is 2.91. The van der Waals surface area contributed by atoms with E-state index >= 15 is 0 Å². The predicted molar refractivity (Wildman–Crippen MR) is 77.8 cm³/mol. The second kappa shape index (κ2) is 4.96. The second-order valence-corrected chi connectivity index (χ2v) is 4.69. The van der Waals surface area contributed by atoms with Crippen molar-refractivity contribution in [2.75, 3.05) is 10.7 Å². The van der Waals surface area contributed by atoms with E-state index in [2.05, 4.69) is 24.5 Å². The number of halogens is 1. The van der Waals surface area contributed by atoms with Crippen LogP contribution in [0.1, 0.15) is 0 Å². The van der Waals surface area contributed by atoms with Gasteiger partial charge in [0.05, 0.1) is 22.4 Å². The van der Waals surface area contributed by atoms with Crippen LogP contribution in [0.2, 0.25) is 5.02 Å². The van der Waals surface area contributed by atoms with E-state index < -0.39 is 0 Å². The number of nitrogen functional groups attached to an aromatic ring is 1. The molecule has 4 N–H and O–H groups in total. The summed E-state index contributed by atoms with van der Waals surface area (Å²) in [7, 11) is 0. The number of hydrogen-bond acceptors (Lipinski definition) is 7. The van der Waals surface area contributed by atoms with Crippen LogP contribution in [0.15, 0.2) is 30.5 Å². The van der Waals surface area contributed by atoms with Gasteiger partial charge in [0.2, 0.25) is 0 Å². The highest BCUT2D eigenvalue weighted by Gasteiger charge is 2.10. The lowest BCUT2D eigenvalue weighted by atomic mass is 10.2. The predicted octanol–water partition coefficient (Wildman–Crippen LogP) is 2.77. The Kier molecular flexibility index (Phi) is 3.16. The summed E-state index contributed by atoms with van der Waals surface area (Å²) in [6, 6.07) is 7.22. The van der Waals surface area contributed by atoms with Gasteiger partial charge in [0.1, 0.15) is 16.9 Å². The standard InChI is InChI=1S/C11H9ClN6S/c12-7-1-2-8-11(18-19-17-8)10(7)15-6-3-4-14-9(5-6)16-13/h1-5H,13H2,(H2,14,15,16). The van der Waals surface area contributed by atoms with E-state index in [0.29, 0.717) is 10.8 Å². The molecule has 0 unspecified atom stereocenters. The van der Waals surface area contributed by atoms with E-state index in [0.717, 1.165) is 34.1 Å². The summed E-state index contributed by atoms with van der Waals surface area (Å²) < 4.78 is 8.43. The molecule has 3 rings (SSSR count). The molecule has 2 aromatic heterocycles. The van der Waals surface area contributed by atoms with Crippen molar-refractivity contribution in [3.05, 3.63) is 35.5 Å². The van der Waals surface area contributed by atoms with Gasteiger partial charge in [-0.25, -0.2) is 10.8 Å². The number of hydrogen-bond donors (Lipinski definition) is 3. The fraction of sp³-hybridized carbons (Fsp3) is 0. The number of benzene rings is 1. The van der Waals surface area contributed by atoms with Gasteiger partial charge in [0.15, 0.2) is 0 Å². The highest BCUT2D eigenvalue weighted by atomic mass is 35.5. The normalized spacial score (nSPS) is 10.6. The van der Waals surface area contributed by atoms with Gasteiger partial charge in [0.25, 0.3) is 0 Å². The number of fused-ring (bicyclic) bond motifs is 1. The lowest BCUT2D eigenvalue weighted by Gasteiger charge is -2.09. The molecule has 19 heavy (non-hydrogen) atoms. The van der Waals surface area contributed by atoms with Crippen LogP contribution in [-0.2, 0) is 0 Å². The molecule has 1 aromatic carbocycles. The van der Waals surface area contributed by atoms with Crippen molar-refractivity contribution in [3.8, 4) is 0 Å². The summed E-state index contributed by atoms with van der Waals surface area (Å²) in [6.45, 7) is 0. The molecule has 0 amide bonds. The third-order valence-electron chi connectivity index (χ3n) is 2.55. The van der Waals surface area contributed by atoms with Crippen molar-refractivity contribution in [3.63, 3.8) is 0 Å². The maximum absolute atomic E-state index is 6.20. The first kappa shape index (κ1) is 12.1. The van der Waals surface area contributed by atoms with E-state index in [9.17, 15) is 0 Å². The van der Waals surface area contributed by atoms with Crippen LogP contribution < -0.4 is 16.6 Å². The van der Waals surface area contributed by atoms with Crippen molar-refractivity contribution in [1.29, 1.82) is 0 Å². The first-order valence-electron chi connectivity index (χ1n) is 5.38. The minimum absolute atomic E-state index is 0.560. The summed E-state index contributed by atoms with van der Waals surface area (Å²) in [6.07, 6.45) is 1.64. The van der Waals surface area contributed by atoms with Gasteiger partial charge in [-0.05, 0) is 18.2 Å². The summed E-state index contributed by atoms with van der Waals surface area (Å²) in [5.41, 5.74) is 5.58. The van der Waals surface area contributed by atoms with Gasteiger partial charge in [-0.2, -0.15) is 8.75 Å². The maximum Gasteiger partial charge on any atom is 0.141 e. The van der Waals surface area contributed by atoms with Crippen molar-refractivity contribution >= 4 is 51.6 Å². The van der Waals surface area contributed by atoms with Gasteiger partial charge in [-0.15, -0.1) is 0 Å². The van der Waals surface area contributed by atoms with Crippen LogP contribution >= 0.6 is 23.3 Å². The number of rotatable bonds is 3. The molecule has 0 atom stereocenters. The van der Waals surface area contributed by atoms with Crippen molar-refractivity contribution in [1.82, 2.24) is 13.7 Å². The Morgan fingerprint density at radius 3 is 2.95 bits per heavy atom. The van der Waals surface area contributed by atoms with Gasteiger partial charge < -0.3 is 10.7 Å². The van der Waals surface area contributed by atoms with Crippen LogP contribution in [0.5, 0.6) is 0 Å². The quantitative estimate of drug-likeness (QED) is 0.508. The fourth-order valence-electron chi connectivity index (χ4n) is 1.68. The van der Waals surface area contributed by atoms with Gasteiger partial charge in [-0.3, -0.25) is 0 Å². The number of aromatic nitrogens is 3. The molecule has 0 saturated heterocycles. The van der Waals surface area contributed by atoms with Crippen LogP contribution in [0.4, 0.5) is 17.2 Å². The molecule has 2 heterocycles. The molecule has 0 radical (unpaired) electrons. The monoisotopic (exact) mass is 292 g/mol. The van der Waals surface area contributed by atoms with E-state index in [1.165, 1.54) is 0 Å². The maximum atomic E-state index is 6.20. The Labute approximate surface area is 117 Å². The second-order valence-electron chi connectivity index (χ2n) is 3.75. The molecule has 0 aliphatic carbocycles. The highest BCUT2D eigenvalue weighted by molar-refractivity contribution is 7.00. The zero-order valence-electron chi connectivity index (χ0n) is 9.59. The lowest BCUT2D eigenvalue weighted by molar-refractivity contribution is 1.23. The van der Waals surface area contributed by atoms with Crippen LogP contribution in [0.3, 0.4) is 0 Å². The Bertz CT molecular complexity index is 728. The smallest absolute Gasteiger partial charge is 0.141 e. The lowest BCUT2D eigenvalue weighted by Crippen LogP contribution is -2.08.